The monoisotopic (exact) mass is 253 g/mol. The molecule has 99 valence electrons. The Morgan fingerprint density at radius 1 is 1.32 bits per heavy atom. The van der Waals surface area contributed by atoms with Gasteiger partial charge in [-0.1, -0.05) is 37.1 Å². The maximum Gasteiger partial charge on any atom is 0.0683 e. The molecule has 2 atom stereocenters. The van der Waals surface area contributed by atoms with Gasteiger partial charge in [0.2, 0.25) is 0 Å². The predicted molar refractivity (Wildman–Crippen MR) is 80.6 cm³/mol. The van der Waals surface area contributed by atoms with Crippen molar-refractivity contribution in [2.24, 2.45) is 5.92 Å². The van der Waals surface area contributed by atoms with Crippen molar-refractivity contribution in [3.05, 3.63) is 60.3 Å². The van der Waals surface area contributed by atoms with Gasteiger partial charge in [0.1, 0.15) is 0 Å². The first-order valence-electron chi connectivity index (χ1n) is 7.06. The summed E-state index contributed by atoms with van der Waals surface area (Å²) in [5.41, 5.74) is 4.05. The molecule has 0 saturated heterocycles. The smallest absolute Gasteiger partial charge is 0.0683 e. The van der Waals surface area contributed by atoms with Gasteiger partial charge in [0.25, 0.3) is 0 Å². The molecule has 0 bridgehead atoms. The molecule has 1 radical (unpaired) electrons. The van der Waals surface area contributed by atoms with Crippen LogP contribution in [-0.4, -0.2) is 5.54 Å². The minimum Gasteiger partial charge on any atom is -0.382 e. The zero-order valence-corrected chi connectivity index (χ0v) is 11.6. The first kappa shape index (κ1) is 12.3. The van der Waals surface area contributed by atoms with Crippen LogP contribution in [0.3, 0.4) is 0 Å². The summed E-state index contributed by atoms with van der Waals surface area (Å²) in [4.78, 5) is 0. The van der Waals surface area contributed by atoms with Crippen LogP contribution in [0.2, 0.25) is 0 Å². The van der Waals surface area contributed by atoms with E-state index in [9.17, 15) is 0 Å². The van der Waals surface area contributed by atoms with Gasteiger partial charge in [-0.15, -0.1) is 0 Å². The van der Waals surface area contributed by atoms with E-state index < -0.39 is 0 Å². The molecule has 1 aromatic carbocycles. The molecule has 2 aliphatic rings. The van der Waals surface area contributed by atoms with Crippen LogP contribution < -0.4 is 10.6 Å². The van der Waals surface area contributed by atoms with Crippen molar-refractivity contribution >= 4 is 5.69 Å². The van der Waals surface area contributed by atoms with Crippen LogP contribution in [0, 0.1) is 19.4 Å². The van der Waals surface area contributed by atoms with E-state index in [0.29, 0.717) is 0 Å². The van der Waals surface area contributed by atoms with Gasteiger partial charge in [-0.05, 0) is 49.2 Å². The van der Waals surface area contributed by atoms with Crippen LogP contribution >= 0.6 is 0 Å². The Kier molecular flexibility index (Phi) is 3.09. The molecule has 0 spiro atoms. The van der Waals surface area contributed by atoms with Gasteiger partial charge < -0.3 is 10.6 Å². The van der Waals surface area contributed by atoms with E-state index in [0.717, 1.165) is 5.92 Å². The van der Waals surface area contributed by atoms with Crippen molar-refractivity contribution in [3.63, 3.8) is 0 Å². The summed E-state index contributed by atoms with van der Waals surface area (Å²) in [6.45, 7) is 6.41. The summed E-state index contributed by atoms with van der Waals surface area (Å²) in [6.07, 6.45) is 8.84. The highest BCUT2D eigenvalue weighted by Gasteiger charge is 2.54. The van der Waals surface area contributed by atoms with E-state index in [2.05, 4.69) is 60.9 Å². The second-order valence-electron chi connectivity index (χ2n) is 5.56. The molecule has 2 nitrogen and oxygen atoms in total. The number of aryl methyl sites for hydroxylation is 1. The van der Waals surface area contributed by atoms with E-state index in [1.165, 1.54) is 29.7 Å². The highest BCUT2D eigenvalue weighted by atomic mass is 15.1. The van der Waals surface area contributed by atoms with Crippen LogP contribution in [0.5, 0.6) is 0 Å². The van der Waals surface area contributed by atoms with E-state index in [1.54, 1.807) is 0 Å². The largest absolute Gasteiger partial charge is 0.382 e. The van der Waals surface area contributed by atoms with Crippen molar-refractivity contribution in [2.75, 3.05) is 5.32 Å². The fourth-order valence-corrected chi connectivity index (χ4v) is 2.98. The average Bonchev–Trinajstić information content (AvgIpc) is 3.17. The molecule has 1 aromatic rings. The maximum absolute atomic E-state index is 3.76. The third-order valence-corrected chi connectivity index (χ3v) is 4.25. The molecule has 1 saturated carbocycles. The summed E-state index contributed by atoms with van der Waals surface area (Å²) >= 11 is 0. The molecule has 2 heteroatoms. The number of rotatable bonds is 4. The minimum atomic E-state index is 0.138. The van der Waals surface area contributed by atoms with Gasteiger partial charge in [-0.25, -0.2) is 0 Å². The number of anilines is 1. The standard InChI is InChI=1S/C17H21N2/c1-3-14-12-17(14,15-8-10-18-11-9-15)19-16-6-4-13(2)5-7-16/h4-11,14,18-19H,3,12H2,1-2H3. The minimum absolute atomic E-state index is 0.138. The van der Waals surface area contributed by atoms with Gasteiger partial charge >= 0.3 is 0 Å². The molecule has 3 rings (SSSR count). The first-order valence-corrected chi connectivity index (χ1v) is 7.06. The van der Waals surface area contributed by atoms with Crippen molar-refractivity contribution in [3.8, 4) is 0 Å². The lowest BCUT2D eigenvalue weighted by Gasteiger charge is -2.24. The van der Waals surface area contributed by atoms with Crippen LogP contribution in [0.4, 0.5) is 5.69 Å². The van der Waals surface area contributed by atoms with Crippen molar-refractivity contribution in [1.29, 1.82) is 0 Å². The van der Waals surface area contributed by atoms with Crippen LogP contribution in [0.15, 0.2) is 48.2 Å². The molecule has 1 aliphatic carbocycles. The molecule has 0 aromatic heterocycles. The lowest BCUT2D eigenvalue weighted by atomic mass is 9.98. The van der Waals surface area contributed by atoms with Gasteiger partial charge in [0, 0.05) is 5.69 Å². The summed E-state index contributed by atoms with van der Waals surface area (Å²) < 4.78 is 0. The summed E-state index contributed by atoms with van der Waals surface area (Å²) in [5.74, 6) is 0.733. The molecule has 1 aliphatic heterocycles. The number of nitrogens with one attached hydrogen (secondary N) is 2. The van der Waals surface area contributed by atoms with Crippen molar-refractivity contribution in [1.82, 2.24) is 5.32 Å². The van der Waals surface area contributed by atoms with Gasteiger partial charge in [0.15, 0.2) is 0 Å². The zero-order valence-electron chi connectivity index (χ0n) is 11.6. The van der Waals surface area contributed by atoms with Gasteiger partial charge in [0.05, 0.1) is 12.1 Å². The number of hydrogen-bond acceptors (Lipinski definition) is 2. The van der Waals surface area contributed by atoms with E-state index in [4.69, 9.17) is 0 Å². The Bertz CT molecular complexity index is 513. The molecular weight excluding hydrogens is 232 g/mol. The van der Waals surface area contributed by atoms with E-state index >= 15 is 0 Å². The Balaban J connectivity index is 1.84. The third-order valence-electron chi connectivity index (χ3n) is 4.25. The maximum atomic E-state index is 3.76. The lowest BCUT2D eigenvalue weighted by molar-refractivity contribution is 0.694. The normalized spacial score (nSPS) is 28.5. The summed E-state index contributed by atoms with van der Waals surface area (Å²) in [5, 5.41) is 6.87. The second-order valence-corrected chi connectivity index (χ2v) is 5.56. The fraction of sp³-hybridized carbons (Fsp3) is 0.353. The number of dihydropyridines is 1. The van der Waals surface area contributed by atoms with Gasteiger partial charge in [-0.3, -0.25) is 0 Å². The van der Waals surface area contributed by atoms with E-state index in [1.807, 2.05) is 12.7 Å². The Hall–Kier alpha value is -1.70. The number of benzene rings is 1. The first-order chi connectivity index (χ1) is 9.24. The Morgan fingerprint density at radius 2 is 2.11 bits per heavy atom. The van der Waals surface area contributed by atoms with Crippen LogP contribution in [0.1, 0.15) is 25.3 Å². The molecule has 1 fully saturated rings. The molecule has 0 amide bonds. The Labute approximate surface area is 115 Å². The molecular formula is C17H21N2. The molecule has 19 heavy (non-hydrogen) atoms. The SMILES string of the molecule is CCC1CC1(Nc1ccc(C)cc1)C1=C[CH]NC=C1. The molecule has 2 unspecified atom stereocenters. The van der Waals surface area contributed by atoms with Crippen molar-refractivity contribution in [2.45, 2.75) is 32.2 Å². The Morgan fingerprint density at radius 3 is 2.68 bits per heavy atom. The average molecular weight is 253 g/mol. The second kappa shape index (κ2) is 4.76. The van der Waals surface area contributed by atoms with Gasteiger partial charge in [-0.2, -0.15) is 0 Å². The number of hydrogen-bond donors (Lipinski definition) is 2. The highest BCUT2D eigenvalue weighted by molar-refractivity contribution is 5.56. The molecule has 1 heterocycles. The topological polar surface area (TPSA) is 24.1 Å². The fourth-order valence-electron chi connectivity index (χ4n) is 2.98. The quantitative estimate of drug-likeness (QED) is 0.853. The van der Waals surface area contributed by atoms with Crippen LogP contribution in [0.25, 0.3) is 0 Å². The van der Waals surface area contributed by atoms with Crippen LogP contribution in [-0.2, 0) is 0 Å². The van der Waals surface area contributed by atoms with Crippen molar-refractivity contribution < 1.29 is 0 Å². The summed E-state index contributed by atoms with van der Waals surface area (Å²) in [7, 11) is 0. The van der Waals surface area contributed by atoms with E-state index in [-0.39, 0.29) is 5.54 Å². The highest BCUT2D eigenvalue weighted by Crippen LogP contribution is 2.53. The third kappa shape index (κ3) is 2.27. The summed E-state index contributed by atoms with van der Waals surface area (Å²) in [6, 6.07) is 8.69. The zero-order chi connectivity index (χ0) is 13.3. The predicted octanol–water partition coefficient (Wildman–Crippen LogP) is 3.78. The molecule has 2 N–H and O–H groups in total. The lowest BCUT2D eigenvalue weighted by Crippen LogP contribution is -2.28.